The Balaban J connectivity index is 2.09. The number of nitrogens with zero attached hydrogens (tertiary/aromatic N) is 1. The van der Waals surface area contributed by atoms with Crippen LogP contribution in [0, 0.1) is 5.92 Å². The molecule has 1 aromatic rings. The van der Waals surface area contributed by atoms with Crippen LogP contribution in [-0.4, -0.2) is 20.7 Å². The van der Waals surface area contributed by atoms with E-state index in [1.165, 1.54) is 43.4 Å². The van der Waals surface area contributed by atoms with Gasteiger partial charge in [-0.3, -0.25) is 0 Å². The molecule has 0 aromatic heterocycles. The third-order valence-electron chi connectivity index (χ3n) is 4.18. The highest BCUT2D eigenvalue weighted by molar-refractivity contribution is 5.56. The average Bonchev–Trinajstić information content (AvgIpc) is 2.47. The first-order chi connectivity index (χ1) is 9.24. The zero-order chi connectivity index (χ0) is 13.7. The summed E-state index contributed by atoms with van der Waals surface area (Å²) < 4.78 is 5.33. The van der Waals surface area contributed by atoms with Gasteiger partial charge in [0.25, 0.3) is 0 Å². The van der Waals surface area contributed by atoms with Crippen molar-refractivity contribution in [3.05, 3.63) is 23.8 Å². The molecule has 0 saturated heterocycles. The second-order valence-electron chi connectivity index (χ2n) is 5.58. The number of nitrogens with two attached hydrogens (primary N) is 1. The molecule has 2 rings (SSSR count). The fourth-order valence-corrected chi connectivity index (χ4v) is 3.05. The van der Waals surface area contributed by atoms with Gasteiger partial charge >= 0.3 is 0 Å². The van der Waals surface area contributed by atoms with Gasteiger partial charge in [0.1, 0.15) is 5.75 Å². The largest absolute Gasteiger partial charge is 0.497 e. The monoisotopic (exact) mass is 262 g/mol. The lowest BCUT2D eigenvalue weighted by Crippen LogP contribution is -2.27. The Morgan fingerprint density at radius 2 is 2.00 bits per heavy atom. The summed E-state index contributed by atoms with van der Waals surface area (Å²) in [6.07, 6.45) is 6.92. The minimum atomic E-state index is 0.578. The van der Waals surface area contributed by atoms with Crippen LogP contribution in [0.1, 0.15) is 37.7 Å². The van der Waals surface area contributed by atoms with Crippen LogP contribution in [0.3, 0.4) is 0 Å². The Morgan fingerprint density at radius 3 is 2.63 bits per heavy atom. The molecule has 0 heterocycles. The number of rotatable bonds is 5. The molecule has 0 unspecified atom stereocenters. The first kappa shape index (κ1) is 14.2. The minimum absolute atomic E-state index is 0.578. The number of ether oxygens (including phenoxy) is 1. The molecule has 1 aliphatic carbocycles. The van der Waals surface area contributed by atoms with Crippen LogP contribution >= 0.6 is 0 Å². The normalized spacial score (nSPS) is 16.4. The minimum Gasteiger partial charge on any atom is -0.497 e. The smallest absolute Gasteiger partial charge is 0.120 e. The Labute approximate surface area is 116 Å². The van der Waals surface area contributed by atoms with Crippen LogP contribution < -0.4 is 15.4 Å². The molecular formula is C16H26N2O. The Hall–Kier alpha value is -1.22. The van der Waals surface area contributed by atoms with Crippen molar-refractivity contribution in [2.24, 2.45) is 11.7 Å². The fourth-order valence-electron chi connectivity index (χ4n) is 3.05. The summed E-state index contributed by atoms with van der Waals surface area (Å²) in [6, 6.07) is 6.16. The number of anilines is 1. The van der Waals surface area contributed by atoms with Crippen molar-refractivity contribution < 1.29 is 4.74 Å². The zero-order valence-electron chi connectivity index (χ0n) is 12.2. The Bertz CT molecular complexity index is 400. The van der Waals surface area contributed by atoms with E-state index in [4.69, 9.17) is 10.5 Å². The van der Waals surface area contributed by atoms with Gasteiger partial charge in [0, 0.05) is 31.9 Å². The summed E-state index contributed by atoms with van der Waals surface area (Å²) in [5.41, 5.74) is 8.25. The standard InChI is InChI=1S/C16H26N2O/c1-18(12-13-6-4-3-5-7-13)16-10-15(19-2)9-8-14(16)11-17/h8-10,13H,3-7,11-12,17H2,1-2H3. The molecule has 3 nitrogen and oxygen atoms in total. The van der Waals surface area contributed by atoms with Gasteiger partial charge in [0.2, 0.25) is 0 Å². The molecule has 0 radical (unpaired) electrons. The molecular weight excluding hydrogens is 236 g/mol. The van der Waals surface area contributed by atoms with Crippen molar-refractivity contribution in [2.45, 2.75) is 38.6 Å². The summed E-state index contributed by atoms with van der Waals surface area (Å²) in [4.78, 5) is 2.35. The molecule has 0 aliphatic heterocycles. The molecule has 2 N–H and O–H groups in total. The average molecular weight is 262 g/mol. The van der Waals surface area contributed by atoms with Crippen LogP contribution in [0.25, 0.3) is 0 Å². The van der Waals surface area contributed by atoms with E-state index in [0.717, 1.165) is 18.2 Å². The number of hydrogen-bond acceptors (Lipinski definition) is 3. The Morgan fingerprint density at radius 1 is 1.26 bits per heavy atom. The van der Waals surface area contributed by atoms with Crippen LogP contribution in [0.4, 0.5) is 5.69 Å². The van der Waals surface area contributed by atoms with Crippen LogP contribution in [0.15, 0.2) is 18.2 Å². The van der Waals surface area contributed by atoms with E-state index in [1.54, 1.807) is 7.11 Å². The van der Waals surface area contributed by atoms with Gasteiger partial charge < -0.3 is 15.4 Å². The summed E-state index contributed by atoms with van der Waals surface area (Å²) in [7, 11) is 3.88. The van der Waals surface area contributed by atoms with Gasteiger partial charge in [0.05, 0.1) is 7.11 Å². The lowest BCUT2D eigenvalue weighted by Gasteiger charge is -2.29. The molecule has 1 fully saturated rings. The van der Waals surface area contributed by atoms with E-state index < -0.39 is 0 Å². The lowest BCUT2D eigenvalue weighted by molar-refractivity contribution is 0.362. The molecule has 106 valence electrons. The summed E-state index contributed by atoms with van der Waals surface area (Å²) in [5, 5.41) is 0. The van der Waals surface area contributed by atoms with Crippen molar-refractivity contribution in [2.75, 3.05) is 25.6 Å². The molecule has 19 heavy (non-hydrogen) atoms. The second kappa shape index (κ2) is 6.80. The molecule has 1 saturated carbocycles. The third kappa shape index (κ3) is 3.63. The van der Waals surface area contributed by atoms with Gasteiger partial charge in [-0.05, 0) is 30.4 Å². The quantitative estimate of drug-likeness (QED) is 0.885. The predicted octanol–water partition coefficient (Wildman–Crippen LogP) is 3.17. The first-order valence-electron chi connectivity index (χ1n) is 7.32. The molecule has 1 aromatic carbocycles. The summed E-state index contributed by atoms with van der Waals surface area (Å²) in [6.45, 7) is 1.70. The number of methoxy groups -OCH3 is 1. The second-order valence-corrected chi connectivity index (χ2v) is 5.58. The third-order valence-corrected chi connectivity index (χ3v) is 4.18. The van der Waals surface area contributed by atoms with Crippen molar-refractivity contribution in [3.8, 4) is 5.75 Å². The van der Waals surface area contributed by atoms with Gasteiger partial charge in [0.15, 0.2) is 0 Å². The number of benzene rings is 1. The number of hydrogen-bond donors (Lipinski definition) is 1. The van der Waals surface area contributed by atoms with E-state index in [0.29, 0.717) is 6.54 Å². The Kier molecular flexibility index (Phi) is 5.08. The van der Waals surface area contributed by atoms with Gasteiger partial charge in [-0.25, -0.2) is 0 Å². The maximum Gasteiger partial charge on any atom is 0.120 e. The zero-order valence-corrected chi connectivity index (χ0v) is 12.2. The van der Waals surface area contributed by atoms with Crippen molar-refractivity contribution >= 4 is 5.69 Å². The topological polar surface area (TPSA) is 38.5 Å². The van der Waals surface area contributed by atoms with Gasteiger partial charge in [-0.2, -0.15) is 0 Å². The molecule has 0 atom stereocenters. The first-order valence-corrected chi connectivity index (χ1v) is 7.32. The molecule has 1 aliphatic rings. The van der Waals surface area contributed by atoms with E-state index in [9.17, 15) is 0 Å². The van der Waals surface area contributed by atoms with E-state index in [1.807, 2.05) is 6.07 Å². The summed E-state index contributed by atoms with van der Waals surface area (Å²) in [5.74, 6) is 1.73. The summed E-state index contributed by atoms with van der Waals surface area (Å²) >= 11 is 0. The van der Waals surface area contributed by atoms with Crippen LogP contribution in [0.2, 0.25) is 0 Å². The molecule has 0 spiro atoms. The highest BCUT2D eigenvalue weighted by atomic mass is 16.5. The van der Waals surface area contributed by atoms with Gasteiger partial charge in [-0.15, -0.1) is 0 Å². The van der Waals surface area contributed by atoms with E-state index in [-0.39, 0.29) is 0 Å². The predicted molar refractivity (Wildman–Crippen MR) is 80.7 cm³/mol. The van der Waals surface area contributed by atoms with Crippen molar-refractivity contribution in [3.63, 3.8) is 0 Å². The molecule has 0 bridgehead atoms. The lowest BCUT2D eigenvalue weighted by atomic mass is 9.89. The SMILES string of the molecule is COc1ccc(CN)c(N(C)CC2CCCCC2)c1. The maximum absolute atomic E-state index is 5.85. The van der Waals surface area contributed by atoms with Crippen LogP contribution in [-0.2, 0) is 6.54 Å². The maximum atomic E-state index is 5.85. The fraction of sp³-hybridized carbons (Fsp3) is 0.625. The molecule has 3 heteroatoms. The highest BCUT2D eigenvalue weighted by Gasteiger charge is 2.17. The molecule has 0 amide bonds. The van der Waals surface area contributed by atoms with Crippen LogP contribution in [0.5, 0.6) is 5.75 Å². The van der Waals surface area contributed by atoms with Crippen molar-refractivity contribution in [1.82, 2.24) is 0 Å². The van der Waals surface area contributed by atoms with E-state index >= 15 is 0 Å². The highest BCUT2D eigenvalue weighted by Crippen LogP contribution is 2.29. The van der Waals surface area contributed by atoms with E-state index in [2.05, 4.69) is 24.1 Å². The van der Waals surface area contributed by atoms with Gasteiger partial charge in [-0.1, -0.05) is 25.3 Å². The van der Waals surface area contributed by atoms with Crippen molar-refractivity contribution in [1.29, 1.82) is 0 Å².